The third kappa shape index (κ3) is 3.47. The number of nitrogens with zero attached hydrogens (tertiary/aromatic N) is 2. The molecule has 0 radical (unpaired) electrons. The molecule has 3 unspecified atom stereocenters. The SMILES string of the molecule is CNc1cc(-n2cc(C(=O)O)c(=O)c3c(N)c(F)c(N4CC(NC)C5OCCC54)cc32)c(F)cc1F. The molecule has 0 spiro atoms. The fourth-order valence-corrected chi connectivity index (χ4v) is 5.25. The molecule has 1 aromatic heterocycles. The molecule has 3 atom stereocenters. The highest BCUT2D eigenvalue weighted by Gasteiger charge is 2.46. The van der Waals surface area contributed by atoms with Crippen molar-refractivity contribution in [2.45, 2.75) is 24.6 Å². The number of carbonyl (C=O) groups is 1. The number of nitrogens with one attached hydrogen (secondary N) is 2. The van der Waals surface area contributed by atoms with Gasteiger partial charge in [0.15, 0.2) is 5.82 Å². The minimum absolute atomic E-state index is 0.0187. The molecule has 0 saturated carbocycles. The van der Waals surface area contributed by atoms with Crippen molar-refractivity contribution in [3.8, 4) is 5.69 Å². The average molecular weight is 503 g/mol. The number of carboxylic acids is 1. The summed E-state index contributed by atoms with van der Waals surface area (Å²) in [5.41, 5.74) is 3.55. The number of likely N-dealkylation sites (N-methyl/N-ethyl adjacent to an activating group) is 1. The van der Waals surface area contributed by atoms with Gasteiger partial charge in [-0.2, -0.15) is 0 Å². The number of hydrogen-bond acceptors (Lipinski definition) is 7. The first-order valence-electron chi connectivity index (χ1n) is 11.3. The van der Waals surface area contributed by atoms with Crippen LogP contribution in [-0.4, -0.2) is 61.1 Å². The van der Waals surface area contributed by atoms with Gasteiger partial charge < -0.3 is 35.7 Å². The molecule has 3 aromatic rings. The van der Waals surface area contributed by atoms with Crippen LogP contribution in [0.3, 0.4) is 0 Å². The summed E-state index contributed by atoms with van der Waals surface area (Å²) in [6, 6.07) is 2.87. The van der Waals surface area contributed by atoms with E-state index < -0.39 is 45.5 Å². The Balaban J connectivity index is 1.83. The molecule has 5 rings (SSSR count). The standard InChI is InChI=1S/C24H24F3N5O4/c1-29-13-6-16(12(26)5-11(13)25)31-8-10(24(34)35)22(33)19-17(31)7-18(20(27)21(19)28)32-9-14(30-2)23-15(32)3-4-36-23/h5-8,14-15,23,29-30H,3-4,9,28H2,1-2H3,(H,34,35). The Morgan fingerprint density at radius 3 is 2.58 bits per heavy atom. The molecule has 9 nitrogen and oxygen atoms in total. The van der Waals surface area contributed by atoms with Crippen molar-refractivity contribution in [1.29, 1.82) is 0 Å². The summed E-state index contributed by atoms with van der Waals surface area (Å²) in [6.45, 7) is 0.884. The molecule has 2 aliphatic heterocycles. The van der Waals surface area contributed by atoms with Crippen LogP contribution in [0.5, 0.6) is 0 Å². The van der Waals surface area contributed by atoms with Crippen molar-refractivity contribution >= 4 is 33.9 Å². The lowest BCUT2D eigenvalue weighted by atomic mass is 10.1. The maximum atomic E-state index is 15.7. The third-order valence-corrected chi connectivity index (χ3v) is 7.02. The van der Waals surface area contributed by atoms with Gasteiger partial charge in [-0.05, 0) is 25.6 Å². The maximum Gasteiger partial charge on any atom is 0.341 e. The van der Waals surface area contributed by atoms with Crippen LogP contribution < -0.4 is 26.7 Å². The Labute approximate surface area is 203 Å². The van der Waals surface area contributed by atoms with Crippen molar-refractivity contribution in [2.75, 3.05) is 43.2 Å². The predicted molar refractivity (Wildman–Crippen MR) is 129 cm³/mol. The summed E-state index contributed by atoms with van der Waals surface area (Å²) in [7, 11) is 3.21. The molecular formula is C24H24F3N5O4. The highest BCUT2D eigenvalue weighted by Crippen LogP contribution is 2.39. The largest absolute Gasteiger partial charge is 0.477 e. The molecule has 0 aliphatic carbocycles. The smallest absolute Gasteiger partial charge is 0.341 e. The first-order chi connectivity index (χ1) is 17.2. The maximum absolute atomic E-state index is 15.7. The zero-order valence-electron chi connectivity index (χ0n) is 19.4. The van der Waals surface area contributed by atoms with Gasteiger partial charge in [-0.15, -0.1) is 0 Å². The number of carboxylic acid groups (broad SMARTS) is 1. The van der Waals surface area contributed by atoms with E-state index in [9.17, 15) is 19.1 Å². The number of pyridine rings is 1. The first kappa shape index (κ1) is 23.9. The quantitative estimate of drug-likeness (QED) is 0.392. The lowest BCUT2D eigenvalue weighted by Gasteiger charge is -2.27. The van der Waals surface area contributed by atoms with Crippen molar-refractivity contribution < 1.29 is 27.8 Å². The molecule has 2 aliphatic rings. The van der Waals surface area contributed by atoms with Gasteiger partial charge in [0, 0.05) is 32.5 Å². The Morgan fingerprint density at radius 2 is 1.92 bits per heavy atom. The molecule has 0 amide bonds. The van der Waals surface area contributed by atoms with Crippen LogP contribution in [0.1, 0.15) is 16.8 Å². The Kier molecular flexibility index (Phi) is 5.80. The number of nitrogen functional groups attached to an aromatic ring is 1. The second-order valence-electron chi connectivity index (χ2n) is 8.84. The van der Waals surface area contributed by atoms with E-state index >= 15 is 8.78 Å². The Hall–Kier alpha value is -3.77. The Morgan fingerprint density at radius 1 is 1.17 bits per heavy atom. The van der Waals surface area contributed by atoms with Crippen LogP contribution in [0.4, 0.5) is 30.2 Å². The molecule has 0 bridgehead atoms. The van der Waals surface area contributed by atoms with Crippen LogP contribution in [0.15, 0.2) is 29.2 Å². The van der Waals surface area contributed by atoms with E-state index in [1.807, 2.05) is 0 Å². The van der Waals surface area contributed by atoms with Crippen molar-refractivity contribution in [3.05, 3.63) is 57.6 Å². The minimum Gasteiger partial charge on any atom is -0.477 e. The normalized spacial score (nSPS) is 21.2. The van der Waals surface area contributed by atoms with Gasteiger partial charge in [-0.25, -0.2) is 18.0 Å². The number of aromatic nitrogens is 1. The highest BCUT2D eigenvalue weighted by atomic mass is 19.1. The number of hydrogen-bond donors (Lipinski definition) is 4. The number of nitrogens with two attached hydrogens (primary N) is 1. The molecule has 2 aromatic carbocycles. The summed E-state index contributed by atoms with van der Waals surface area (Å²) < 4.78 is 51.8. The van der Waals surface area contributed by atoms with Crippen LogP contribution in [0, 0.1) is 17.5 Å². The number of fused-ring (bicyclic) bond motifs is 2. The number of anilines is 3. The lowest BCUT2D eigenvalue weighted by Crippen LogP contribution is -2.37. The van der Waals surface area contributed by atoms with Crippen LogP contribution in [-0.2, 0) is 4.74 Å². The van der Waals surface area contributed by atoms with Crippen LogP contribution in [0.2, 0.25) is 0 Å². The third-order valence-electron chi connectivity index (χ3n) is 7.02. The number of benzene rings is 2. The molecule has 2 fully saturated rings. The van der Waals surface area contributed by atoms with Crippen LogP contribution >= 0.6 is 0 Å². The summed E-state index contributed by atoms with van der Waals surface area (Å²) in [4.78, 5) is 26.7. The number of aromatic carboxylic acids is 1. The van der Waals surface area contributed by atoms with E-state index in [0.29, 0.717) is 25.6 Å². The van der Waals surface area contributed by atoms with E-state index in [4.69, 9.17) is 10.5 Å². The number of ether oxygens (including phenoxy) is 1. The van der Waals surface area contributed by atoms with E-state index in [0.717, 1.165) is 16.8 Å². The zero-order valence-corrected chi connectivity index (χ0v) is 19.4. The fraction of sp³-hybridized carbons (Fsp3) is 0.333. The molecular weight excluding hydrogens is 479 g/mol. The predicted octanol–water partition coefficient (Wildman–Crippen LogP) is 2.30. The van der Waals surface area contributed by atoms with E-state index in [-0.39, 0.29) is 40.8 Å². The molecule has 12 heteroatoms. The second kappa shape index (κ2) is 8.71. The zero-order chi connectivity index (χ0) is 25.9. The summed E-state index contributed by atoms with van der Waals surface area (Å²) >= 11 is 0. The fourth-order valence-electron chi connectivity index (χ4n) is 5.25. The molecule has 2 saturated heterocycles. The topological polar surface area (TPSA) is 122 Å². The number of halogens is 3. The van der Waals surface area contributed by atoms with Crippen molar-refractivity contribution in [2.24, 2.45) is 0 Å². The van der Waals surface area contributed by atoms with Gasteiger partial charge in [0.1, 0.15) is 17.2 Å². The van der Waals surface area contributed by atoms with Crippen molar-refractivity contribution in [3.63, 3.8) is 0 Å². The van der Waals surface area contributed by atoms with E-state index in [1.165, 1.54) is 13.1 Å². The van der Waals surface area contributed by atoms with Gasteiger partial charge in [-0.1, -0.05) is 0 Å². The van der Waals surface area contributed by atoms with Gasteiger partial charge in [0.2, 0.25) is 5.43 Å². The lowest BCUT2D eigenvalue weighted by molar-refractivity contribution is 0.0695. The van der Waals surface area contributed by atoms with Gasteiger partial charge in [0.05, 0.1) is 51.8 Å². The second-order valence-corrected chi connectivity index (χ2v) is 8.84. The molecule has 3 heterocycles. The summed E-state index contributed by atoms with van der Waals surface area (Å²) in [6.07, 6.45) is 1.39. The van der Waals surface area contributed by atoms with E-state index in [1.54, 1.807) is 11.9 Å². The first-order valence-corrected chi connectivity index (χ1v) is 11.3. The van der Waals surface area contributed by atoms with Gasteiger partial charge in [0.25, 0.3) is 0 Å². The summed E-state index contributed by atoms with van der Waals surface area (Å²) in [5.74, 6) is -4.36. The van der Waals surface area contributed by atoms with Gasteiger partial charge in [-0.3, -0.25) is 4.79 Å². The van der Waals surface area contributed by atoms with Crippen LogP contribution in [0.25, 0.3) is 16.6 Å². The minimum atomic E-state index is -1.60. The highest BCUT2D eigenvalue weighted by molar-refractivity contribution is 6.00. The molecule has 36 heavy (non-hydrogen) atoms. The number of rotatable bonds is 5. The average Bonchev–Trinajstić information content (AvgIpc) is 3.44. The molecule has 5 N–H and O–H groups in total. The van der Waals surface area contributed by atoms with E-state index in [2.05, 4.69) is 10.6 Å². The Bertz CT molecular complexity index is 1460. The monoisotopic (exact) mass is 503 g/mol. The molecule has 190 valence electrons. The van der Waals surface area contributed by atoms with Crippen molar-refractivity contribution in [1.82, 2.24) is 9.88 Å². The summed E-state index contributed by atoms with van der Waals surface area (Å²) in [5, 5.41) is 15.0. The van der Waals surface area contributed by atoms with Gasteiger partial charge >= 0.3 is 5.97 Å².